The van der Waals surface area contributed by atoms with Gasteiger partial charge in [0.2, 0.25) is 0 Å². The number of anilines is 1. The lowest BCUT2D eigenvalue weighted by Crippen LogP contribution is -2.28. The molecule has 21 heavy (non-hydrogen) atoms. The van der Waals surface area contributed by atoms with Gasteiger partial charge in [-0.25, -0.2) is 0 Å². The average molecular weight is 299 g/mol. The number of hydrogen-bond acceptors (Lipinski definition) is 3. The quantitative estimate of drug-likeness (QED) is 0.811. The smallest absolute Gasteiger partial charge is 0.299 e. The molecule has 0 radical (unpaired) electrons. The first-order valence-corrected chi connectivity index (χ1v) is 7.88. The van der Waals surface area contributed by atoms with Crippen LogP contribution in [0.25, 0.3) is 0 Å². The molecule has 1 aromatic carbocycles. The summed E-state index contributed by atoms with van der Waals surface area (Å²) in [5.41, 5.74) is 3.28. The van der Waals surface area contributed by atoms with Crippen molar-refractivity contribution in [3.05, 3.63) is 50.7 Å². The molecule has 0 bridgehead atoms. The van der Waals surface area contributed by atoms with Crippen molar-refractivity contribution < 1.29 is 9.59 Å². The topological polar surface area (TPSA) is 37.4 Å². The Morgan fingerprint density at radius 1 is 1.10 bits per heavy atom. The van der Waals surface area contributed by atoms with Crippen LogP contribution in [0.5, 0.6) is 0 Å². The van der Waals surface area contributed by atoms with Crippen LogP contribution in [0.1, 0.15) is 38.2 Å². The number of carbonyl (C=O) groups excluding carboxylic acids is 2. The maximum atomic E-state index is 12.3. The van der Waals surface area contributed by atoms with E-state index >= 15 is 0 Å². The van der Waals surface area contributed by atoms with Crippen LogP contribution in [0.3, 0.4) is 0 Å². The molecule has 1 aromatic heterocycles. The fourth-order valence-electron chi connectivity index (χ4n) is 2.80. The van der Waals surface area contributed by atoms with Crippen LogP contribution in [0, 0.1) is 13.8 Å². The molecule has 2 heterocycles. The number of Topliss-reactive ketones (excluding diaryl/α,β-unsaturated/α-hetero) is 1. The number of rotatable bonds is 3. The van der Waals surface area contributed by atoms with Crippen LogP contribution in [0.4, 0.5) is 5.69 Å². The third-order valence-electron chi connectivity index (χ3n) is 3.80. The van der Waals surface area contributed by atoms with Crippen molar-refractivity contribution in [1.29, 1.82) is 0 Å². The van der Waals surface area contributed by atoms with Crippen molar-refractivity contribution >= 4 is 28.7 Å². The minimum atomic E-state index is -0.412. The molecule has 0 fully saturated rings. The normalized spacial score (nSPS) is 14.0. The number of aryl methyl sites for hydroxylation is 3. The first-order valence-electron chi connectivity index (χ1n) is 7.06. The van der Waals surface area contributed by atoms with E-state index in [-0.39, 0.29) is 5.78 Å². The molecule has 0 spiro atoms. The summed E-state index contributed by atoms with van der Waals surface area (Å²) in [6.07, 6.45) is 0.992. The number of nitrogens with zero attached hydrogens (tertiary/aromatic N) is 1. The van der Waals surface area contributed by atoms with Gasteiger partial charge in [0.15, 0.2) is 0 Å². The standard InChI is InChI=1S/C17H17NO2S/c1-4-12-5-6-13(21-12)9-18-14-8-10(2)7-11(3)15(14)16(19)17(18)20/h5-8H,4,9H2,1-3H3. The zero-order valence-electron chi connectivity index (χ0n) is 12.4. The maximum absolute atomic E-state index is 12.3. The number of fused-ring (bicyclic) bond motifs is 1. The molecular formula is C17H17NO2S. The van der Waals surface area contributed by atoms with Gasteiger partial charge in [-0.05, 0) is 49.6 Å². The van der Waals surface area contributed by atoms with E-state index in [9.17, 15) is 9.59 Å². The summed E-state index contributed by atoms with van der Waals surface area (Å²) in [4.78, 5) is 28.5. The number of hydrogen-bond donors (Lipinski definition) is 0. The molecular weight excluding hydrogens is 282 g/mol. The summed E-state index contributed by atoms with van der Waals surface area (Å²) in [7, 11) is 0. The third kappa shape index (κ3) is 2.29. The average Bonchev–Trinajstić information content (AvgIpc) is 2.98. The van der Waals surface area contributed by atoms with Gasteiger partial charge < -0.3 is 0 Å². The lowest BCUT2D eigenvalue weighted by Gasteiger charge is -2.16. The summed E-state index contributed by atoms with van der Waals surface area (Å²) in [6.45, 7) is 6.47. The van der Waals surface area contributed by atoms with Crippen LogP contribution in [-0.2, 0) is 17.8 Å². The molecule has 0 N–H and O–H groups in total. The highest BCUT2D eigenvalue weighted by Gasteiger charge is 2.37. The molecule has 0 saturated heterocycles. The van der Waals surface area contributed by atoms with Gasteiger partial charge in [-0.3, -0.25) is 14.5 Å². The highest BCUT2D eigenvalue weighted by Crippen LogP contribution is 2.34. The molecule has 1 aliphatic heterocycles. The Bertz CT molecular complexity index is 745. The Morgan fingerprint density at radius 3 is 2.48 bits per heavy atom. The minimum Gasteiger partial charge on any atom is -0.300 e. The van der Waals surface area contributed by atoms with E-state index in [0.29, 0.717) is 12.1 Å². The molecule has 0 aliphatic carbocycles. The Kier molecular flexibility index (Phi) is 3.41. The highest BCUT2D eigenvalue weighted by molar-refractivity contribution is 7.12. The van der Waals surface area contributed by atoms with Crippen LogP contribution in [0.15, 0.2) is 24.3 Å². The van der Waals surface area contributed by atoms with E-state index in [2.05, 4.69) is 13.0 Å². The van der Waals surface area contributed by atoms with Crippen LogP contribution in [-0.4, -0.2) is 11.7 Å². The number of carbonyl (C=O) groups is 2. The van der Waals surface area contributed by atoms with Gasteiger partial charge in [0.05, 0.1) is 17.8 Å². The predicted octanol–water partition coefficient (Wildman–Crippen LogP) is 3.66. The predicted molar refractivity (Wildman–Crippen MR) is 85.1 cm³/mol. The van der Waals surface area contributed by atoms with Crippen molar-refractivity contribution in [3.63, 3.8) is 0 Å². The third-order valence-corrected chi connectivity index (χ3v) is 5.01. The van der Waals surface area contributed by atoms with Crippen molar-refractivity contribution in [2.75, 3.05) is 4.90 Å². The molecule has 0 unspecified atom stereocenters. The van der Waals surface area contributed by atoms with E-state index in [1.807, 2.05) is 32.0 Å². The van der Waals surface area contributed by atoms with Gasteiger partial charge in [-0.2, -0.15) is 0 Å². The zero-order valence-corrected chi connectivity index (χ0v) is 13.2. The zero-order chi connectivity index (χ0) is 15.1. The van der Waals surface area contributed by atoms with Crippen molar-refractivity contribution in [3.8, 4) is 0 Å². The summed E-state index contributed by atoms with van der Waals surface area (Å²) in [6, 6.07) is 8.01. The fourth-order valence-corrected chi connectivity index (χ4v) is 3.75. The van der Waals surface area contributed by atoms with Crippen molar-refractivity contribution in [1.82, 2.24) is 0 Å². The molecule has 0 atom stereocenters. The largest absolute Gasteiger partial charge is 0.300 e. The van der Waals surface area contributed by atoms with Crippen molar-refractivity contribution in [2.24, 2.45) is 0 Å². The lowest BCUT2D eigenvalue weighted by atomic mass is 10.0. The molecule has 3 rings (SSSR count). The molecule has 4 heteroatoms. The summed E-state index contributed by atoms with van der Waals surface area (Å²) >= 11 is 1.70. The second-order valence-electron chi connectivity index (χ2n) is 5.42. The van der Waals surface area contributed by atoms with E-state index < -0.39 is 5.91 Å². The number of thiophene rings is 1. The van der Waals surface area contributed by atoms with Crippen LogP contribution >= 0.6 is 11.3 Å². The van der Waals surface area contributed by atoms with Crippen LogP contribution in [0.2, 0.25) is 0 Å². The SMILES string of the molecule is CCc1ccc(CN2C(=O)C(=O)c3c(C)cc(C)cc32)s1. The van der Waals surface area contributed by atoms with Gasteiger partial charge in [-0.15, -0.1) is 11.3 Å². The molecule has 108 valence electrons. The first kappa shape index (κ1) is 14.0. The van der Waals surface area contributed by atoms with Gasteiger partial charge in [0, 0.05) is 9.75 Å². The Hall–Kier alpha value is -1.94. The van der Waals surface area contributed by atoms with E-state index in [0.717, 1.165) is 28.1 Å². The Labute approximate surface area is 128 Å². The van der Waals surface area contributed by atoms with E-state index in [1.54, 1.807) is 16.2 Å². The molecule has 3 nitrogen and oxygen atoms in total. The summed E-state index contributed by atoms with van der Waals surface area (Å²) in [5.74, 6) is -0.792. The molecule has 1 aliphatic rings. The highest BCUT2D eigenvalue weighted by atomic mass is 32.1. The number of ketones is 1. The van der Waals surface area contributed by atoms with Gasteiger partial charge in [-0.1, -0.05) is 13.0 Å². The minimum absolute atomic E-state index is 0.380. The fraction of sp³-hybridized carbons (Fsp3) is 0.294. The number of amides is 1. The van der Waals surface area contributed by atoms with E-state index in [4.69, 9.17) is 0 Å². The Morgan fingerprint density at radius 2 is 1.81 bits per heavy atom. The number of benzene rings is 1. The molecule has 2 aromatic rings. The lowest BCUT2D eigenvalue weighted by molar-refractivity contribution is -0.114. The second-order valence-corrected chi connectivity index (χ2v) is 6.67. The van der Waals surface area contributed by atoms with Gasteiger partial charge in [0.1, 0.15) is 0 Å². The first-order chi connectivity index (χ1) is 10.0. The van der Waals surface area contributed by atoms with E-state index in [1.165, 1.54) is 4.88 Å². The molecule has 1 amide bonds. The maximum Gasteiger partial charge on any atom is 0.299 e. The summed E-state index contributed by atoms with van der Waals surface area (Å²) < 4.78 is 0. The van der Waals surface area contributed by atoms with Crippen molar-refractivity contribution in [2.45, 2.75) is 33.7 Å². The monoisotopic (exact) mass is 299 g/mol. The Balaban J connectivity index is 2.01. The molecule has 0 saturated carbocycles. The summed E-state index contributed by atoms with van der Waals surface area (Å²) in [5, 5.41) is 0. The van der Waals surface area contributed by atoms with Crippen LogP contribution < -0.4 is 4.90 Å². The van der Waals surface area contributed by atoms with Gasteiger partial charge >= 0.3 is 0 Å². The second kappa shape index (κ2) is 5.11. The van der Waals surface area contributed by atoms with Gasteiger partial charge in [0.25, 0.3) is 11.7 Å².